The lowest BCUT2D eigenvalue weighted by molar-refractivity contribution is 1.55. The molecule has 24 aromatic rings. The fraction of sp³-hybridized carbons (Fsp3) is 0. The molecule has 0 spiro atoms. The van der Waals surface area contributed by atoms with Crippen molar-refractivity contribution in [2.24, 2.45) is 0 Å². The topological polar surface area (TPSA) is 0 Å². The Morgan fingerprint density at radius 1 is 0.0662 bits per heavy atom. The van der Waals surface area contributed by atoms with E-state index in [0.717, 1.165) is 55.6 Å². The first-order chi connectivity index (χ1) is 67.7. The van der Waals surface area contributed by atoms with Gasteiger partial charge in [-0.1, -0.05) is 546 Å². The van der Waals surface area contributed by atoms with Crippen LogP contribution >= 0.6 is 0 Å². The normalized spacial score (nSPS) is 11.2. The van der Waals surface area contributed by atoms with E-state index in [9.17, 15) is 0 Å². The lowest BCUT2D eigenvalue weighted by Gasteiger charge is -2.32. The van der Waals surface area contributed by atoms with Gasteiger partial charge in [0.25, 0.3) is 0 Å². The second kappa shape index (κ2) is 37.3. The van der Waals surface area contributed by atoms with Gasteiger partial charge >= 0.3 is 0 Å². The van der Waals surface area contributed by atoms with Crippen molar-refractivity contribution in [1.82, 2.24) is 0 Å². The Bertz CT molecular complexity index is 7420. The zero-order valence-corrected chi connectivity index (χ0v) is 75.1. The van der Waals surface area contributed by atoms with Crippen LogP contribution < -0.4 is 0 Å². The summed E-state index contributed by atoms with van der Waals surface area (Å²) in [5, 5.41) is 9.66. The van der Waals surface area contributed by atoms with Gasteiger partial charge in [-0.2, -0.15) is 0 Å². The second-order valence-electron chi connectivity index (χ2n) is 34.8. The molecule has 0 bridgehead atoms. The van der Waals surface area contributed by atoms with Crippen LogP contribution in [0.25, 0.3) is 243 Å². The lowest BCUT2D eigenvalue weighted by atomic mass is 9.70. The molecule has 24 aromatic carbocycles. The smallest absolute Gasteiger partial charge is 0.0000929 e. The first-order valence-electron chi connectivity index (χ1n) is 47.0. The van der Waals surface area contributed by atoms with E-state index in [0.29, 0.717) is 0 Å². The average molecular weight is 1730 g/mol. The van der Waals surface area contributed by atoms with Gasteiger partial charge in [-0.25, -0.2) is 0 Å². The molecule has 136 heavy (non-hydrogen) atoms. The van der Waals surface area contributed by atoms with Gasteiger partial charge in [-0.05, 0) is 256 Å². The third-order valence-corrected chi connectivity index (χ3v) is 26.9. The molecule has 0 fully saturated rings. The van der Waals surface area contributed by atoms with Gasteiger partial charge in [-0.15, -0.1) is 0 Å². The van der Waals surface area contributed by atoms with Crippen molar-refractivity contribution < 1.29 is 0 Å². The SMILES string of the molecule is c1ccc(-c2c(-c3ccccc3)c(-c3ccccc3)c3c(-c4ccccc4)c4c(-c5ccccc5)c(-c5ccccc5)c(-c5ccccc5)c(-c5ccccc5)c4c(-c4ccccc4)c3c2-c2ccccc2)cc1.c1ccc(-c2c(-c3ccccc3)c(-c3ccccc3)c3cc4c(-c5ccccc5)c(-c5ccccc5)c(-c5ccccc5)c(-c5ccccc5)c4cc3c2-c2ccccc2)cc1. The molecule has 24 rings (SSSR count). The highest BCUT2D eigenvalue weighted by Crippen LogP contribution is 2.64. The van der Waals surface area contributed by atoms with Crippen LogP contribution in [0, 0.1) is 0 Å². The van der Waals surface area contributed by atoms with E-state index in [1.165, 1.54) is 188 Å². The highest BCUT2D eigenvalue weighted by atomic mass is 14.4. The largest absolute Gasteiger partial charge is 0.0622 e. The monoisotopic (exact) mass is 1720 g/mol. The molecule has 0 aliphatic rings. The summed E-state index contributed by atoms with van der Waals surface area (Å²) in [6, 6.07) is 205. The minimum Gasteiger partial charge on any atom is -0.0622 e. The highest BCUT2D eigenvalue weighted by Gasteiger charge is 2.36. The molecule has 0 nitrogen and oxygen atoms in total. The fourth-order valence-electron chi connectivity index (χ4n) is 21.3. The summed E-state index contributed by atoms with van der Waals surface area (Å²) < 4.78 is 0. The summed E-state index contributed by atoms with van der Waals surface area (Å²) in [6.45, 7) is 0. The molecular weight excluding hydrogens is 1630 g/mol. The van der Waals surface area contributed by atoms with E-state index in [-0.39, 0.29) is 0 Å². The van der Waals surface area contributed by atoms with Crippen LogP contribution in [-0.4, -0.2) is 0 Å². The Morgan fingerprint density at radius 2 is 0.147 bits per heavy atom. The quantitative estimate of drug-likeness (QED) is 0.0751. The van der Waals surface area contributed by atoms with Crippen molar-refractivity contribution >= 4 is 43.1 Å². The molecule has 0 aliphatic carbocycles. The maximum Gasteiger partial charge on any atom is -0.0000929 e. The highest BCUT2D eigenvalue weighted by molar-refractivity contribution is 6.38. The molecule has 0 heterocycles. The number of hydrogen-bond donors (Lipinski definition) is 0. The van der Waals surface area contributed by atoms with Crippen molar-refractivity contribution in [2.45, 2.75) is 0 Å². The molecular formula is C136H92. The van der Waals surface area contributed by atoms with Crippen molar-refractivity contribution in [3.63, 3.8) is 0 Å². The summed E-state index contributed by atoms with van der Waals surface area (Å²) >= 11 is 0. The minimum absolute atomic E-state index is 1.15. The third kappa shape index (κ3) is 15.3. The van der Waals surface area contributed by atoms with E-state index in [4.69, 9.17) is 0 Å². The average Bonchev–Trinajstić information content (AvgIpc) is 0.686. The molecule has 0 N–H and O–H groups in total. The van der Waals surface area contributed by atoms with Crippen LogP contribution in [0.2, 0.25) is 0 Å². The molecule has 0 aromatic heterocycles. The maximum atomic E-state index is 2.54. The zero-order chi connectivity index (χ0) is 90.5. The van der Waals surface area contributed by atoms with Gasteiger partial charge in [-0.3, -0.25) is 0 Å². The summed E-state index contributed by atoms with van der Waals surface area (Å²) in [5.74, 6) is 0. The predicted octanol–water partition coefficient (Wildman–Crippen LogP) is 38.0. The summed E-state index contributed by atoms with van der Waals surface area (Å²) in [7, 11) is 0. The summed E-state index contributed by atoms with van der Waals surface area (Å²) in [5.41, 5.74) is 42.7. The van der Waals surface area contributed by atoms with E-state index in [2.05, 4.69) is 558 Å². The Labute approximate surface area is 795 Å². The summed E-state index contributed by atoms with van der Waals surface area (Å²) in [4.78, 5) is 0. The van der Waals surface area contributed by atoms with Crippen molar-refractivity contribution in [1.29, 1.82) is 0 Å². The van der Waals surface area contributed by atoms with Gasteiger partial charge < -0.3 is 0 Å². The molecule has 0 unspecified atom stereocenters. The van der Waals surface area contributed by atoms with Crippen LogP contribution in [0.4, 0.5) is 0 Å². The van der Waals surface area contributed by atoms with E-state index >= 15 is 0 Å². The standard InChI is InChI=1S/C74H50.C62H42/c1-11-31-51(32-12-1)61-62(52-33-13-2-14-34-52)66(56-41-21-6-22-42-56)72-70(60-49-29-10-30-50-60)74-68(58-45-25-8-26-46-58)64(54-37-17-4-18-38-54)63(53-35-15-3-16-36-53)67(57-43-23-7-24-44-57)73(74)69(59-47-27-9-28-48-59)71(72)65(61)55-39-19-5-20-40-55;1-9-25-43(26-10-1)55-51-41-53-54(42-52(51)56(44-27-11-2-12-28-44)60(48-35-19-6-20-36-48)59(55)47-33-17-5-18-34-47)58(46-31-15-4-16-32-46)62(50-39-23-8-24-40-50)61(49-37-21-7-22-38-49)57(53)45-29-13-3-14-30-45/h1-50H;1-42H. The van der Waals surface area contributed by atoms with Crippen LogP contribution in [0.15, 0.2) is 558 Å². The number of hydrogen-bond acceptors (Lipinski definition) is 0. The third-order valence-electron chi connectivity index (χ3n) is 26.9. The Kier molecular flexibility index (Phi) is 22.7. The Hall–Kier alpha value is -17.7. The fourth-order valence-corrected chi connectivity index (χ4v) is 21.3. The summed E-state index contributed by atoms with van der Waals surface area (Å²) in [6.07, 6.45) is 0. The molecule has 0 atom stereocenters. The number of fused-ring (bicyclic) bond motifs is 4. The number of rotatable bonds is 18. The van der Waals surface area contributed by atoms with E-state index < -0.39 is 0 Å². The predicted molar refractivity (Wildman–Crippen MR) is 581 cm³/mol. The van der Waals surface area contributed by atoms with Crippen molar-refractivity contribution in [3.05, 3.63) is 558 Å². The molecule has 0 radical (unpaired) electrons. The van der Waals surface area contributed by atoms with Crippen LogP contribution in [0.3, 0.4) is 0 Å². The van der Waals surface area contributed by atoms with Gasteiger partial charge in [0, 0.05) is 0 Å². The van der Waals surface area contributed by atoms with Crippen LogP contribution in [-0.2, 0) is 0 Å². The molecule has 0 saturated heterocycles. The van der Waals surface area contributed by atoms with Gasteiger partial charge in [0.15, 0.2) is 0 Å². The molecule has 636 valence electrons. The minimum atomic E-state index is 1.15. The van der Waals surface area contributed by atoms with Crippen molar-refractivity contribution in [3.8, 4) is 200 Å². The Morgan fingerprint density at radius 3 is 0.257 bits per heavy atom. The Balaban J connectivity index is 0.000000155. The van der Waals surface area contributed by atoms with Crippen LogP contribution in [0.5, 0.6) is 0 Å². The first-order valence-corrected chi connectivity index (χ1v) is 47.0. The van der Waals surface area contributed by atoms with Crippen molar-refractivity contribution in [2.75, 3.05) is 0 Å². The molecule has 0 heteroatoms. The lowest BCUT2D eigenvalue weighted by Crippen LogP contribution is -2.04. The zero-order valence-electron chi connectivity index (χ0n) is 75.1. The number of benzene rings is 24. The van der Waals surface area contributed by atoms with Gasteiger partial charge in [0.2, 0.25) is 0 Å². The van der Waals surface area contributed by atoms with E-state index in [1.807, 2.05) is 0 Å². The molecule has 0 aliphatic heterocycles. The molecule has 0 amide bonds. The first kappa shape index (κ1) is 82.7. The van der Waals surface area contributed by atoms with E-state index in [1.54, 1.807) is 0 Å². The van der Waals surface area contributed by atoms with Gasteiger partial charge in [0.1, 0.15) is 0 Å². The molecule has 0 saturated carbocycles. The van der Waals surface area contributed by atoms with Crippen LogP contribution in [0.1, 0.15) is 0 Å². The second-order valence-corrected chi connectivity index (χ2v) is 34.8. The maximum absolute atomic E-state index is 2.54. The van der Waals surface area contributed by atoms with Gasteiger partial charge in [0.05, 0.1) is 0 Å².